The summed E-state index contributed by atoms with van der Waals surface area (Å²) in [5.41, 5.74) is 2.87. The topological polar surface area (TPSA) is 75.7 Å². The fraction of sp³-hybridized carbons (Fsp3) is 0.435. The Morgan fingerprint density at radius 1 is 1.00 bits per heavy atom. The molecule has 1 N–H and O–H groups in total. The van der Waals surface area contributed by atoms with Crippen molar-refractivity contribution in [1.82, 2.24) is 5.32 Å². The van der Waals surface area contributed by atoms with Gasteiger partial charge in [-0.15, -0.1) is 0 Å². The predicted molar refractivity (Wildman–Crippen MR) is 121 cm³/mol. The molecule has 2 atom stereocenters. The number of nitrogens with zero attached hydrogens (tertiary/aromatic N) is 1. The lowest BCUT2D eigenvalue weighted by Crippen LogP contribution is -2.37. The van der Waals surface area contributed by atoms with Crippen LogP contribution >= 0.6 is 0 Å². The van der Waals surface area contributed by atoms with Gasteiger partial charge in [0, 0.05) is 7.05 Å². The van der Waals surface area contributed by atoms with Crippen LogP contribution < -0.4 is 14.4 Å². The minimum Gasteiger partial charge on any atom is -0.481 e. The van der Waals surface area contributed by atoms with Crippen molar-refractivity contribution in [2.75, 3.05) is 17.6 Å². The zero-order chi connectivity index (χ0) is 22.7. The van der Waals surface area contributed by atoms with Crippen LogP contribution in [0.15, 0.2) is 48.5 Å². The van der Waals surface area contributed by atoms with Crippen LogP contribution in [0.3, 0.4) is 0 Å². The molecule has 164 valence electrons. The first-order valence-corrected chi connectivity index (χ1v) is 11.8. The molecule has 2 aromatic rings. The van der Waals surface area contributed by atoms with E-state index in [1.807, 2.05) is 19.1 Å². The van der Waals surface area contributed by atoms with Gasteiger partial charge in [-0.3, -0.25) is 9.10 Å². The lowest BCUT2D eigenvalue weighted by Gasteiger charge is -2.22. The van der Waals surface area contributed by atoms with Crippen molar-refractivity contribution in [1.29, 1.82) is 0 Å². The number of amides is 1. The van der Waals surface area contributed by atoms with Crippen LogP contribution in [0.4, 0.5) is 5.69 Å². The number of ether oxygens (including phenoxy) is 1. The molecule has 0 bridgehead atoms. The molecule has 30 heavy (non-hydrogen) atoms. The molecule has 0 aromatic heterocycles. The van der Waals surface area contributed by atoms with E-state index in [4.69, 9.17) is 4.74 Å². The highest BCUT2D eigenvalue weighted by Gasteiger charge is 2.19. The van der Waals surface area contributed by atoms with E-state index in [-0.39, 0.29) is 17.4 Å². The van der Waals surface area contributed by atoms with Crippen LogP contribution in [0.25, 0.3) is 0 Å². The van der Waals surface area contributed by atoms with Crippen molar-refractivity contribution in [3.05, 3.63) is 59.7 Å². The number of anilines is 1. The molecule has 0 aliphatic rings. The third kappa shape index (κ3) is 6.23. The van der Waals surface area contributed by atoms with E-state index in [2.05, 4.69) is 38.2 Å². The van der Waals surface area contributed by atoms with Gasteiger partial charge in [-0.25, -0.2) is 8.42 Å². The van der Waals surface area contributed by atoms with Crippen LogP contribution in [0, 0.1) is 0 Å². The number of hydrogen-bond acceptors (Lipinski definition) is 4. The maximum absolute atomic E-state index is 12.5. The van der Waals surface area contributed by atoms with Gasteiger partial charge < -0.3 is 10.1 Å². The van der Waals surface area contributed by atoms with E-state index < -0.39 is 16.1 Å². The van der Waals surface area contributed by atoms with E-state index >= 15 is 0 Å². The minimum atomic E-state index is -3.33. The Morgan fingerprint density at radius 3 is 2.00 bits per heavy atom. The highest BCUT2D eigenvalue weighted by Crippen LogP contribution is 2.24. The average molecular weight is 433 g/mol. The molecule has 0 saturated heterocycles. The minimum absolute atomic E-state index is 0.0824. The Balaban J connectivity index is 1.97. The Hall–Kier alpha value is -2.54. The maximum Gasteiger partial charge on any atom is 0.261 e. The van der Waals surface area contributed by atoms with Gasteiger partial charge in [0.15, 0.2) is 6.10 Å². The van der Waals surface area contributed by atoms with E-state index in [1.165, 1.54) is 16.9 Å². The van der Waals surface area contributed by atoms with Gasteiger partial charge in [0.1, 0.15) is 5.75 Å². The van der Waals surface area contributed by atoms with Crippen molar-refractivity contribution in [2.45, 2.75) is 52.2 Å². The largest absolute Gasteiger partial charge is 0.481 e. The third-order valence-corrected chi connectivity index (χ3v) is 6.22. The second-order valence-electron chi connectivity index (χ2n) is 8.59. The number of carbonyl (C=O) groups is 1. The standard InChI is InChI=1S/C23H32N2O4S/c1-16(18-8-10-19(11-9-18)23(3,4)5)24-22(26)17(2)29-21-14-12-20(13-15-21)25(6)30(7,27)28/h8-17H,1-7H3,(H,24,26)/t16-,17+/m0/s1. The number of nitrogens with one attached hydrogen (secondary N) is 1. The van der Waals surface area contributed by atoms with Gasteiger partial charge in [0.25, 0.3) is 5.91 Å². The van der Waals surface area contributed by atoms with Crippen molar-refractivity contribution in [2.24, 2.45) is 0 Å². The Kier molecular flexibility index (Phi) is 7.18. The van der Waals surface area contributed by atoms with Gasteiger partial charge in [-0.2, -0.15) is 0 Å². The smallest absolute Gasteiger partial charge is 0.261 e. The molecular weight excluding hydrogens is 400 g/mol. The van der Waals surface area contributed by atoms with Crippen molar-refractivity contribution < 1.29 is 17.9 Å². The lowest BCUT2D eigenvalue weighted by atomic mass is 9.86. The number of rotatable bonds is 7. The maximum atomic E-state index is 12.5. The molecule has 0 aliphatic carbocycles. The Morgan fingerprint density at radius 2 is 1.53 bits per heavy atom. The van der Waals surface area contributed by atoms with E-state index in [9.17, 15) is 13.2 Å². The van der Waals surface area contributed by atoms with Crippen LogP contribution in [0.5, 0.6) is 5.75 Å². The first-order valence-electron chi connectivity index (χ1n) is 9.90. The summed E-state index contributed by atoms with van der Waals surface area (Å²) in [4.78, 5) is 12.5. The number of benzene rings is 2. The average Bonchev–Trinajstić information content (AvgIpc) is 2.66. The van der Waals surface area contributed by atoms with Gasteiger partial charge in [0.05, 0.1) is 18.0 Å². The second-order valence-corrected chi connectivity index (χ2v) is 10.6. The normalized spacial score (nSPS) is 14.0. The summed E-state index contributed by atoms with van der Waals surface area (Å²) in [6.07, 6.45) is 0.446. The summed E-state index contributed by atoms with van der Waals surface area (Å²) < 4.78 is 30.1. The molecule has 6 nitrogen and oxygen atoms in total. The third-order valence-electron chi connectivity index (χ3n) is 5.02. The molecule has 0 radical (unpaired) electrons. The van der Waals surface area contributed by atoms with Crippen molar-refractivity contribution >= 4 is 21.6 Å². The van der Waals surface area contributed by atoms with Crippen LogP contribution in [-0.2, 0) is 20.2 Å². The molecule has 0 unspecified atom stereocenters. The number of hydrogen-bond donors (Lipinski definition) is 1. The zero-order valence-electron chi connectivity index (χ0n) is 18.8. The highest BCUT2D eigenvalue weighted by atomic mass is 32.2. The monoisotopic (exact) mass is 432 g/mol. The fourth-order valence-corrected chi connectivity index (χ4v) is 3.37. The van der Waals surface area contributed by atoms with Crippen LogP contribution in [-0.4, -0.2) is 33.7 Å². The Bertz CT molecular complexity index is 962. The molecule has 0 aliphatic heterocycles. The summed E-state index contributed by atoms with van der Waals surface area (Å²) in [6, 6.07) is 14.7. The fourth-order valence-electron chi connectivity index (χ4n) is 2.87. The summed E-state index contributed by atoms with van der Waals surface area (Å²) in [5, 5.41) is 2.97. The highest BCUT2D eigenvalue weighted by molar-refractivity contribution is 7.92. The summed E-state index contributed by atoms with van der Waals surface area (Å²) in [6.45, 7) is 10.1. The van der Waals surface area contributed by atoms with E-state index in [0.717, 1.165) is 11.8 Å². The zero-order valence-corrected chi connectivity index (χ0v) is 19.6. The molecule has 2 aromatic carbocycles. The van der Waals surface area contributed by atoms with Crippen molar-refractivity contribution in [3.8, 4) is 5.75 Å². The summed E-state index contributed by atoms with van der Waals surface area (Å²) in [5.74, 6) is 0.269. The lowest BCUT2D eigenvalue weighted by molar-refractivity contribution is -0.127. The summed E-state index contributed by atoms with van der Waals surface area (Å²) in [7, 11) is -1.84. The molecule has 0 fully saturated rings. The number of sulfonamides is 1. The summed E-state index contributed by atoms with van der Waals surface area (Å²) >= 11 is 0. The van der Waals surface area contributed by atoms with Gasteiger partial charge >= 0.3 is 0 Å². The predicted octanol–water partition coefficient (Wildman–Crippen LogP) is 4.02. The first kappa shape index (κ1) is 23.7. The van der Waals surface area contributed by atoms with Crippen molar-refractivity contribution in [3.63, 3.8) is 0 Å². The van der Waals surface area contributed by atoms with E-state index in [0.29, 0.717) is 11.4 Å². The first-order chi connectivity index (χ1) is 13.8. The molecule has 2 rings (SSSR count). The van der Waals surface area contributed by atoms with Crippen LogP contribution in [0.2, 0.25) is 0 Å². The van der Waals surface area contributed by atoms with Gasteiger partial charge in [0.2, 0.25) is 10.0 Å². The van der Waals surface area contributed by atoms with E-state index in [1.54, 1.807) is 31.2 Å². The molecule has 1 amide bonds. The molecule has 7 heteroatoms. The molecule has 0 saturated carbocycles. The quantitative estimate of drug-likeness (QED) is 0.717. The SMILES string of the molecule is C[C@H](NC(=O)[C@@H](C)Oc1ccc(N(C)S(C)(=O)=O)cc1)c1ccc(C(C)(C)C)cc1. The van der Waals surface area contributed by atoms with Crippen LogP contribution in [0.1, 0.15) is 51.8 Å². The van der Waals surface area contributed by atoms with Gasteiger partial charge in [-0.05, 0) is 54.7 Å². The van der Waals surface area contributed by atoms with Gasteiger partial charge in [-0.1, -0.05) is 45.0 Å². The second kappa shape index (κ2) is 9.08. The molecule has 0 spiro atoms. The molecule has 0 heterocycles. The Labute approximate surface area is 180 Å². The number of carbonyl (C=O) groups excluding carboxylic acids is 1. The molecular formula is C23H32N2O4S.